The zero-order valence-corrected chi connectivity index (χ0v) is 16.7. The number of imidazole rings is 1. The minimum Gasteiger partial charge on any atom is -0.496 e. The molecular formula is C22H25N3O4. The Morgan fingerprint density at radius 2 is 1.97 bits per heavy atom. The average Bonchev–Trinajstić information content (AvgIpc) is 3.31. The maximum absolute atomic E-state index is 12.7. The second-order valence-corrected chi connectivity index (χ2v) is 7.28. The Morgan fingerprint density at radius 3 is 2.72 bits per heavy atom. The van der Waals surface area contributed by atoms with Crippen LogP contribution < -0.4 is 15.7 Å². The van der Waals surface area contributed by atoms with Gasteiger partial charge in [-0.2, -0.15) is 0 Å². The zero-order valence-electron chi connectivity index (χ0n) is 16.7. The number of carbonyl (C=O) groups is 1. The molecule has 29 heavy (non-hydrogen) atoms. The molecule has 1 aliphatic rings. The topological polar surface area (TPSA) is 85.4 Å². The molecular weight excluding hydrogens is 370 g/mol. The molecule has 0 radical (unpaired) electrons. The van der Waals surface area contributed by atoms with Crippen molar-refractivity contribution in [2.75, 3.05) is 20.8 Å². The fourth-order valence-electron chi connectivity index (χ4n) is 3.97. The van der Waals surface area contributed by atoms with Crippen molar-refractivity contribution in [3.8, 4) is 5.75 Å². The summed E-state index contributed by atoms with van der Waals surface area (Å²) in [6, 6.07) is 9.44. The summed E-state index contributed by atoms with van der Waals surface area (Å²) in [6.07, 6.45) is 3.32. The van der Waals surface area contributed by atoms with Crippen molar-refractivity contribution in [2.45, 2.75) is 32.4 Å². The lowest BCUT2D eigenvalue weighted by Gasteiger charge is -2.13. The first-order valence-corrected chi connectivity index (χ1v) is 9.79. The van der Waals surface area contributed by atoms with Gasteiger partial charge in [-0.3, -0.25) is 9.36 Å². The highest BCUT2D eigenvalue weighted by Gasteiger charge is 2.16. The number of hydrogen-bond donors (Lipinski definition) is 2. The smallest absolute Gasteiger partial charge is 0.326 e. The number of aromatic amines is 1. The lowest BCUT2D eigenvalue weighted by atomic mass is 10.0. The molecule has 0 bridgehead atoms. The number of fused-ring (bicyclic) bond motifs is 2. The highest BCUT2D eigenvalue weighted by Crippen LogP contribution is 2.29. The Balaban J connectivity index is 1.52. The highest BCUT2D eigenvalue weighted by atomic mass is 16.5. The van der Waals surface area contributed by atoms with Gasteiger partial charge in [-0.15, -0.1) is 0 Å². The Hall–Kier alpha value is -3.06. The minimum absolute atomic E-state index is 0.194. The quantitative estimate of drug-likeness (QED) is 0.643. The molecule has 1 aliphatic carbocycles. The first-order chi connectivity index (χ1) is 14.1. The van der Waals surface area contributed by atoms with E-state index < -0.39 is 0 Å². The molecule has 0 fully saturated rings. The van der Waals surface area contributed by atoms with Crippen molar-refractivity contribution in [1.29, 1.82) is 0 Å². The molecule has 2 N–H and O–H groups in total. The molecule has 1 amide bonds. The van der Waals surface area contributed by atoms with E-state index in [-0.39, 0.29) is 11.6 Å². The summed E-state index contributed by atoms with van der Waals surface area (Å²) in [6.45, 7) is 1.29. The number of amides is 1. The number of benzene rings is 2. The van der Waals surface area contributed by atoms with E-state index in [9.17, 15) is 9.59 Å². The third-order valence-corrected chi connectivity index (χ3v) is 5.49. The maximum atomic E-state index is 12.7. The Kier molecular flexibility index (Phi) is 5.40. The molecule has 3 aromatic rings. The van der Waals surface area contributed by atoms with E-state index in [4.69, 9.17) is 9.47 Å². The molecule has 1 heterocycles. The Labute approximate surface area is 168 Å². The fourth-order valence-corrected chi connectivity index (χ4v) is 3.97. The highest BCUT2D eigenvalue weighted by molar-refractivity contribution is 5.97. The molecule has 0 atom stereocenters. The summed E-state index contributed by atoms with van der Waals surface area (Å²) in [5.41, 5.74) is 5.32. The summed E-state index contributed by atoms with van der Waals surface area (Å²) < 4.78 is 12.2. The number of methoxy groups -OCH3 is 2. The van der Waals surface area contributed by atoms with Crippen molar-refractivity contribution in [3.05, 3.63) is 63.1 Å². The standard InChI is InChI=1S/C22H25N3O4/c1-28-9-8-25-19-7-6-16(11-18(19)24-22(25)27)21(26)23-13-17-10-14-4-3-5-15(14)12-20(17)29-2/h6-7,10-12H,3-5,8-9,13H2,1-2H3,(H,23,26)(H,24,27). The lowest BCUT2D eigenvalue weighted by molar-refractivity contribution is 0.0951. The van der Waals surface area contributed by atoms with Gasteiger partial charge in [-0.05, 0) is 54.7 Å². The van der Waals surface area contributed by atoms with Gasteiger partial charge in [0, 0.05) is 24.8 Å². The van der Waals surface area contributed by atoms with Gasteiger partial charge >= 0.3 is 5.69 Å². The summed E-state index contributed by atoms with van der Waals surface area (Å²) in [5, 5.41) is 2.96. The van der Waals surface area contributed by atoms with Crippen molar-refractivity contribution in [3.63, 3.8) is 0 Å². The van der Waals surface area contributed by atoms with Crippen LogP contribution in [0, 0.1) is 0 Å². The molecule has 0 unspecified atom stereocenters. The number of nitrogens with zero attached hydrogens (tertiary/aromatic N) is 1. The summed E-state index contributed by atoms with van der Waals surface area (Å²) in [5.74, 6) is 0.612. The predicted molar refractivity (Wildman–Crippen MR) is 111 cm³/mol. The molecule has 0 saturated heterocycles. The van der Waals surface area contributed by atoms with E-state index in [1.807, 2.05) is 0 Å². The van der Waals surface area contributed by atoms with Crippen molar-refractivity contribution >= 4 is 16.9 Å². The largest absolute Gasteiger partial charge is 0.496 e. The van der Waals surface area contributed by atoms with Crippen LogP contribution in [0.25, 0.3) is 11.0 Å². The zero-order chi connectivity index (χ0) is 20.4. The van der Waals surface area contributed by atoms with Crippen molar-refractivity contribution in [2.24, 2.45) is 0 Å². The first kappa shape index (κ1) is 19.3. The van der Waals surface area contributed by atoms with Gasteiger partial charge in [0.05, 0.1) is 31.3 Å². The monoisotopic (exact) mass is 395 g/mol. The Morgan fingerprint density at radius 1 is 1.17 bits per heavy atom. The van der Waals surface area contributed by atoms with Gasteiger partial charge < -0.3 is 19.8 Å². The predicted octanol–water partition coefficient (Wildman–Crippen LogP) is 2.40. The number of hydrogen-bond acceptors (Lipinski definition) is 4. The normalized spacial score (nSPS) is 12.9. The van der Waals surface area contributed by atoms with Gasteiger partial charge in [-0.25, -0.2) is 4.79 Å². The Bertz CT molecular complexity index is 1110. The molecule has 0 spiro atoms. The average molecular weight is 395 g/mol. The molecule has 0 saturated carbocycles. The number of rotatable bonds is 7. The number of nitrogens with one attached hydrogen (secondary N) is 2. The van der Waals surface area contributed by atoms with E-state index >= 15 is 0 Å². The fraction of sp³-hybridized carbons (Fsp3) is 0.364. The van der Waals surface area contributed by atoms with Gasteiger partial charge in [0.1, 0.15) is 5.75 Å². The molecule has 0 aliphatic heterocycles. The van der Waals surface area contributed by atoms with Crippen LogP contribution in [0.5, 0.6) is 5.75 Å². The van der Waals surface area contributed by atoms with Gasteiger partial charge in [-0.1, -0.05) is 6.07 Å². The molecule has 7 heteroatoms. The van der Waals surface area contributed by atoms with E-state index in [1.54, 1.807) is 37.0 Å². The second kappa shape index (κ2) is 8.13. The van der Waals surface area contributed by atoms with Crippen LogP contribution in [0.3, 0.4) is 0 Å². The first-order valence-electron chi connectivity index (χ1n) is 9.79. The number of aromatic nitrogens is 2. The van der Waals surface area contributed by atoms with Gasteiger partial charge in [0.2, 0.25) is 0 Å². The molecule has 2 aromatic carbocycles. The third-order valence-electron chi connectivity index (χ3n) is 5.49. The summed E-state index contributed by atoms with van der Waals surface area (Å²) in [7, 11) is 3.25. The van der Waals surface area contributed by atoms with Crippen LogP contribution in [0.2, 0.25) is 0 Å². The lowest BCUT2D eigenvalue weighted by Crippen LogP contribution is -2.23. The number of aryl methyl sites for hydroxylation is 2. The molecule has 152 valence electrons. The van der Waals surface area contributed by atoms with E-state index in [0.717, 1.165) is 36.1 Å². The number of H-pyrrole nitrogens is 1. The van der Waals surface area contributed by atoms with E-state index in [2.05, 4.69) is 22.4 Å². The third kappa shape index (κ3) is 3.78. The maximum Gasteiger partial charge on any atom is 0.326 e. The molecule has 4 rings (SSSR count). The molecule has 7 nitrogen and oxygen atoms in total. The van der Waals surface area contributed by atoms with Crippen LogP contribution in [0.4, 0.5) is 0 Å². The van der Waals surface area contributed by atoms with E-state index in [1.165, 1.54) is 11.1 Å². The molecule has 1 aromatic heterocycles. The van der Waals surface area contributed by atoms with Gasteiger partial charge in [0.25, 0.3) is 5.91 Å². The minimum atomic E-state index is -0.211. The van der Waals surface area contributed by atoms with E-state index in [0.29, 0.717) is 30.8 Å². The van der Waals surface area contributed by atoms with Gasteiger partial charge in [0.15, 0.2) is 0 Å². The SMILES string of the molecule is COCCn1c(=O)[nH]c2cc(C(=O)NCc3cc4c(cc3OC)CCC4)ccc21. The van der Waals surface area contributed by atoms with Crippen molar-refractivity contribution in [1.82, 2.24) is 14.9 Å². The van der Waals surface area contributed by atoms with Crippen LogP contribution in [0.1, 0.15) is 33.5 Å². The second-order valence-electron chi connectivity index (χ2n) is 7.28. The van der Waals surface area contributed by atoms with Crippen molar-refractivity contribution < 1.29 is 14.3 Å². The van der Waals surface area contributed by atoms with Crippen LogP contribution in [-0.4, -0.2) is 36.3 Å². The summed E-state index contributed by atoms with van der Waals surface area (Å²) >= 11 is 0. The number of ether oxygens (including phenoxy) is 2. The van der Waals surface area contributed by atoms with Crippen LogP contribution >= 0.6 is 0 Å². The summed E-state index contributed by atoms with van der Waals surface area (Å²) in [4.78, 5) is 27.6. The van der Waals surface area contributed by atoms with Crippen LogP contribution in [-0.2, 0) is 30.7 Å². The number of carbonyl (C=O) groups excluding carboxylic acids is 1. The van der Waals surface area contributed by atoms with Crippen LogP contribution in [0.15, 0.2) is 35.1 Å².